The van der Waals surface area contributed by atoms with Crippen molar-refractivity contribution in [2.24, 2.45) is 0 Å². The van der Waals surface area contributed by atoms with E-state index < -0.39 is 35.8 Å². The number of rotatable bonds is 23. The summed E-state index contributed by atoms with van der Waals surface area (Å²) in [6, 6.07) is -1.92. The first-order chi connectivity index (χ1) is 20.8. The Kier molecular flexibility index (Phi) is 17.7. The van der Waals surface area contributed by atoms with Crippen LogP contribution in [-0.2, 0) is 30.4 Å². The maximum absolute atomic E-state index is 12.9. The Morgan fingerprint density at radius 1 is 0.907 bits per heavy atom. The molecule has 0 saturated carbocycles. The highest BCUT2D eigenvalue weighted by atomic mass is 16.4. The molecule has 0 aromatic carbocycles. The van der Waals surface area contributed by atoms with Crippen LogP contribution in [0.15, 0.2) is 12.5 Å². The van der Waals surface area contributed by atoms with E-state index in [0.717, 1.165) is 19.3 Å². The number of aromatic amines is 1. The fourth-order valence-corrected chi connectivity index (χ4v) is 5.35. The fraction of sp³-hybridized carbons (Fsp3) is 0.742. The van der Waals surface area contributed by atoms with Crippen molar-refractivity contribution >= 4 is 29.6 Å². The van der Waals surface area contributed by atoms with Crippen LogP contribution in [0.25, 0.3) is 0 Å². The average molecular weight is 605 g/mol. The third kappa shape index (κ3) is 15.0. The van der Waals surface area contributed by atoms with Gasteiger partial charge in [-0.05, 0) is 19.3 Å². The van der Waals surface area contributed by atoms with Gasteiger partial charge >= 0.3 is 5.97 Å². The first-order valence-corrected chi connectivity index (χ1v) is 16.1. The zero-order valence-electron chi connectivity index (χ0n) is 25.8. The van der Waals surface area contributed by atoms with Crippen LogP contribution in [0.4, 0.5) is 0 Å². The molecule has 1 aromatic heterocycles. The number of imidazole rings is 1. The van der Waals surface area contributed by atoms with Gasteiger partial charge in [-0.2, -0.15) is 0 Å². The molecule has 1 aliphatic heterocycles. The molecule has 2 heterocycles. The number of carboxylic acid groups (broad SMARTS) is 1. The standard InChI is InChI=1S/C31H52N6O6/c1-2-3-4-5-6-7-8-9-10-11-12-13-14-17-27(38)33-21-28(39)36-25(19-24-20-32-23-35-24)30(41)34-22-29(40)37-18-15-16-26(37)31(42)43/h20,23,25-26H,2-19,21-22H2,1H3,(H,32,35)(H,33,38)(H,34,41)(H,36,39)(H,42,43)/t25-,26-/m0/s1. The number of aromatic nitrogens is 2. The normalized spacial score (nSPS) is 15.2. The topological polar surface area (TPSA) is 174 Å². The first-order valence-electron chi connectivity index (χ1n) is 16.1. The fourth-order valence-electron chi connectivity index (χ4n) is 5.35. The lowest BCUT2D eigenvalue weighted by atomic mass is 10.0. The van der Waals surface area contributed by atoms with Gasteiger partial charge in [-0.1, -0.05) is 84.0 Å². The van der Waals surface area contributed by atoms with Gasteiger partial charge in [-0.15, -0.1) is 0 Å². The molecule has 0 radical (unpaired) electrons. The molecule has 1 fully saturated rings. The smallest absolute Gasteiger partial charge is 0.326 e. The summed E-state index contributed by atoms with van der Waals surface area (Å²) < 4.78 is 0. The molecular formula is C31H52N6O6. The number of likely N-dealkylation sites (tertiary alicyclic amines) is 1. The quantitative estimate of drug-likeness (QED) is 0.119. The summed E-state index contributed by atoms with van der Waals surface area (Å²) >= 11 is 0. The minimum Gasteiger partial charge on any atom is -0.480 e. The highest BCUT2D eigenvalue weighted by Gasteiger charge is 2.34. The summed E-state index contributed by atoms with van der Waals surface area (Å²) in [5.41, 5.74) is 0.601. The average Bonchev–Trinajstić information content (AvgIpc) is 3.69. The molecule has 1 aliphatic rings. The van der Waals surface area contributed by atoms with Gasteiger partial charge in [0.25, 0.3) is 0 Å². The zero-order chi connectivity index (χ0) is 31.3. The monoisotopic (exact) mass is 604 g/mol. The molecule has 43 heavy (non-hydrogen) atoms. The molecule has 242 valence electrons. The first kappa shape index (κ1) is 35.8. The van der Waals surface area contributed by atoms with Crippen molar-refractivity contribution in [3.8, 4) is 0 Å². The predicted molar refractivity (Wildman–Crippen MR) is 163 cm³/mol. The number of carboxylic acids is 1. The van der Waals surface area contributed by atoms with Crippen molar-refractivity contribution in [3.63, 3.8) is 0 Å². The summed E-state index contributed by atoms with van der Waals surface area (Å²) in [5, 5.41) is 17.0. The van der Waals surface area contributed by atoms with Crippen LogP contribution in [-0.4, -0.2) is 81.3 Å². The highest BCUT2D eigenvalue weighted by Crippen LogP contribution is 2.17. The van der Waals surface area contributed by atoms with Gasteiger partial charge in [0.1, 0.15) is 12.1 Å². The van der Waals surface area contributed by atoms with E-state index in [4.69, 9.17) is 0 Å². The number of unbranched alkanes of at least 4 members (excludes halogenated alkanes) is 12. The SMILES string of the molecule is CCCCCCCCCCCCCCCC(=O)NCC(=O)N[C@@H](Cc1cnc[nH]1)C(=O)NCC(=O)N1CCC[C@H]1C(=O)O. The largest absolute Gasteiger partial charge is 0.480 e. The summed E-state index contributed by atoms with van der Waals surface area (Å²) in [5.74, 6) is -2.91. The van der Waals surface area contributed by atoms with E-state index in [-0.39, 0.29) is 25.4 Å². The molecule has 0 aliphatic carbocycles. The number of carbonyl (C=O) groups is 5. The molecule has 1 saturated heterocycles. The lowest BCUT2D eigenvalue weighted by Crippen LogP contribution is -2.53. The molecule has 1 aromatic rings. The van der Waals surface area contributed by atoms with Crippen molar-refractivity contribution in [2.45, 2.75) is 128 Å². The predicted octanol–water partition coefficient (Wildman–Crippen LogP) is 3.23. The lowest BCUT2D eigenvalue weighted by molar-refractivity contribution is -0.148. The zero-order valence-corrected chi connectivity index (χ0v) is 25.8. The van der Waals surface area contributed by atoms with Crippen molar-refractivity contribution < 1.29 is 29.1 Å². The van der Waals surface area contributed by atoms with Gasteiger partial charge in [-0.3, -0.25) is 19.2 Å². The van der Waals surface area contributed by atoms with Crippen LogP contribution in [0.5, 0.6) is 0 Å². The van der Waals surface area contributed by atoms with Gasteiger partial charge in [0.15, 0.2) is 0 Å². The lowest BCUT2D eigenvalue weighted by Gasteiger charge is -2.23. The number of amides is 4. The van der Waals surface area contributed by atoms with Crippen LogP contribution < -0.4 is 16.0 Å². The molecule has 4 amide bonds. The summed E-state index contributed by atoms with van der Waals surface area (Å²) in [6.45, 7) is 1.91. The Hall–Kier alpha value is -3.44. The number of H-pyrrole nitrogens is 1. The highest BCUT2D eigenvalue weighted by molar-refractivity contribution is 5.93. The van der Waals surface area contributed by atoms with Crippen LogP contribution in [0, 0.1) is 0 Å². The van der Waals surface area contributed by atoms with Crippen molar-refractivity contribution in [1.29, 1.82) is 0 Å². The van der Waals surface area contributed by atoms with Crippen LogP contribution in [0.3, 0.4) is 0 Å². The van der Waals surface area contributed by atoms with Crippen molar-refractivity contribution in [3.05, 3.63) is 18.2 Å². The number of aliphatic carboxylic acids is 1. The van der Waals surface area contributed by atoms with E-state index in [9.17, 15) is 29.1 Å². The summed E-state index contributed by atoms with van der Waals surface area (Å²) in [4.78, 5) is 69.7. The van der Waals surface area contributed by atoms with E-state index in [1.807, 2.05) is 0 Å². The maximum Gasteiger partial charge on any atom is 0.326 e. The van der Waals surface area contributed by atoms with Gasteiger partial charge in [0.05, 0.1) is 19.4 Å². The Morgan fingerprint density at radius 2 is 1.53 bits per heavy atom. The third-order valence-electron chi connectivity index (χ3n) is 7.86. The van der Waals surface area contributed by atoms with E-state index in [1.54, 1.807) is 0 Å². The number of nitrogens with zero attached hydrogens (tertiary/aromatic N) is 2. The number of hydrogen-bond acceptors (Lipinski definition) is 6. The Morgan fingerprint density at radius 3 is 2.12 bits per heavy atom. The Balaban J connectivity index is 1.63. The molecule has 0 bridgehead atoms. The van der Waals surface area contributed by atoms with Crippen molar-refractivity contribution in [2.75, 3.05) is 19.6 Å². The van der Waals surface area contributed by atoms with Crippen LogP contribution in [0.1, 0.15) is 115 Å². The molecule has 2 atom stereocenters. The Bertz CT molecular complexity index is 985. The molecule has 12 nitrogen and oxygen atoms in total. The van der Waals surface area contributed by atoms with Gasteiger partial charge in [0.2, 0.25) is 23.6 Å². The summed E-state index contributed by atoms with van der Waals surface area (Å²) in [7, 11) is 0. The van der Waals surface area contributed by atoms with E-state index >= 15 is 0 Å². The van der Waals surface area contributed by atoms with Crippen LogP contribution in [0.2, 0.25) is 0 Å². The Labute approximate surface area is 255 Å². The molecule has 12 heteroatoms. The van der Waals surface area contributed by atoms with Crippen molar-refractivity contribution in [1.82, 2.24) is 30.8 Å². The minimum absolute atomic E-state index is 0.0974. The van der Waals surface area contributed by atoms with E-state index in [2.05, 4.69) is 32.8 Å². The number of nitrogens with one attached hydrogen (secondary N) is 4. The van der Waals surface area contributed by atoms with E-state index in [1.165, 1.54) is 81.6 Å². The molecule has 0 unspecified atom stereocenters. The van der Waals surface area contributed by atoms with Gasteiger partial charge < -0.3 is 30.9 Å². The van der Waals surface area contributed by atoms with Gasteiger partial charge in [-0.25, -0.2) is 9.78 Å². The third-order valence-corrected chi connectivity index (χ3v) is 7.86. The number of hydrogen-bond donors (Lipinski definition) is 5. The molecular weight excluding hydrogens is 552 g/mol. The second-order valence-corrected chi connectivity index (χ2v) is 11.5. The van der Waals surface area contributed by atoms with E-state index in [0.29, 0.717) is 31.5 Å². The molecule has 5 N–H and O–H groups in total. The molecule has 2 rings (SSSR count). The van der Waals surface area contributed by atoms with Gasteiger partial charge in [0, 0.05) is 31.3 Å². The second-order valence-electron chi connectivity index (χ2n) is 11.5. The summed E-state index contributed by atoms with van der Waals surface area (Å²) in [6.07, 6.45) is 20.3. The maximum atomic E-state index is 12.9. The second kappa shape index (κ2) is 21.3. The molecule has 0 spiro atoms. The van der Waals surface area contributed by atoms with Crippen LogP contribution >= 0.6 is 0 Å². The minimum atomic E-state index is -1.07. The number of carbonyl (C=O) groups excluding carboxylic acids is 4.